The summed E-state index contributed by atoms with van der Waals surface area (Å²) in [4.78, 5) is 2.62. The highest BCUT2D eigenvalue weighted by atomic mass is 35.5. The average molecular weight is 305 g/mol. The summed E-state index contributed by atoms with van der Waals surface area (Å²) in [6.45, 7) is 2.13. The minimum atomic E-state index is 0.738. The molecule has 4 rings (SSSR count). The van der Waals surface area contributed by atoms with E-state index in [9.17, 15) is 0 Å². The van der Waals surface area contributed by atoms with E-state index in [0.29, 0.717) is 0 Å². The van der Waals surface area contributed by atoms with Crippen LogP contribution in [0.2, 0.25) is 5.02 Å². The molecule has 1 aromatic carbocycles. The van der Waals surface area contributed by atoms with Crippen molar-refractivity contribution in [3.05, 3.63) is 28.8 Å². The van der Waals surface area contributed by atoms with Crippen LogP contribution in [0.25, 0.3) is 0 Å². The predicted molar refractivity (Wildman–Crippen MR) is 89.0 cm³/mol. The third-order valence-electron chi connectivity index (χ3n) is 5.54. The smallest absolute Gasteiger partial charge is 0.0471 e. The maximum absolute atomic E-state index is 6.52. The van der Waals surface area contributed by atoms with Crippen LogP contribution in [-0.4, -0.2) is 18.6 Å². The molecule has 2 atom stereocenters. The van der Waals surface area contributed by atoms with Gasteiger partial charge in [-0.05, 0) is 55.7 Å². The molecule has 3 fully saturated rings. The Bertz CT molecular complexity index is 512. The van der Waals surface area contributed by atoms with Gasteiger partial charge in [-0.3, -0.25) is 0 Å². The Kier molecular flexibility index (Phi) is 3.85. The molecule has 2 saturated carbocycles. The van der Waals surface area contributed by atoms with Crippen molar-refractivity contribution in [2.75, 3.05) is 11.4 Å². The molecular weight excluding hydrogens is 280 g/mol. The number of halogens is 1. The van der Waals surface area contributed by atoms with Gasteiger partial charge in [0.2, 0.25) is 0 Å². The molecule has 3 heteroatoms. The first kappa shape index (κ1) is 13.9. The number of fused-ring (bicyclic) bond motifs is 1. The van der Waals surface area contributed by atoms with E-state index in [1.54, 1.807) is 0 Å². The molecular formula is C18H25ClN2. The fourth-order valence-corrected chi connectivity index (χ4v) is 4.37. The molecule has 3 aliphatic rings. The molecule has 21 heavy (non-hydrogen) atoms. The third-order valence-corrected chi connectivity index (χ3v) is 5.89. The van der Waals surface area contributed by atoms with E-state index in [0.717, 1.165) is 29.6 Å². The lowest BCUT2D eigenvalue weighted by molar-refractivity contribution is 0.342. The first-order chi connectivity index (χ1) is 10.3. The van der Waals surface area contributed by atoms with Gasteiger partial charge in [0.05, 0.1) is 0 Å². The lowest BCUT2D eigenvalue weighted by Crippen LogP contribution is -2.34. The standard InChI is InChI=1S/C18H25ClN2/c19-17-11-16(8-5-14(17)12-20-15-6-7-15)21-10-9-13-3-1-2-4-18(13)21/h5,8,11,13,15,18,20H,1-4,6-7,9-10,12H2. The van der Waals surface area contributed by atoms with Crippen LogP contribution in [-0.2, 0) is 6.54 Å². The van der Waals surface area contributed by atoms with Gasteiger partial charge < -0.3 is 10.2 Å². The van der Waals surface area contributed by atoms with Gasteiger partial charge >= 0.3 is 0 Å². The molecule has 2 aliphatic carbocycles. The zero-order chi connectivity index (χ0) is 14.2. The van der Waals surface area contributed by atoms with Crippen LogP contribution in [0.1, 0.15) is 50.5 Å². The summed E-state index contributed by atoms with van der Waals surface area (Å²) in [6, 6.07) is 8.21. The third kappa shape index (κ3) is 2.93. The first-order valence-electron chi connectivity index (χ1n) is 8.60. The fraction of sp³-hybridized carbons (Fsp3) is 0.667. The molecule has 0 bridgehead atoms. The normalized spacial score (nSPS) is 28.7. The molecule has 1 N–H and O–H groups in total. The second-order valence-corrected chi connectivity index (χ2v) is 7.43. The van der Waals surface area contributed by atoms with Crippen LogP contribution in [0.5, 0.6) is 0 Å². The quantitative estimate of drug-likeness (QED) is 0.889. The highest BCUT2D eigenvalue weighted by Gasteiger charge is 2.35. The van der Waals surface area contributed by atoms with Gasteiger partial charge in [0.25, 0.3) is 0 Å². The number of rotatable bonds is 4. The van der Waals surface area contributed by atoms with Crippen LogP contribution >= 0.6 is 11.6 Å². The van der Waals surface area contributed by atoms with Gasteiger partial charge in [0, 0.05) is 35.9 Å². The topological polar surface area (TPSA) is 15.3 Å². The minimum Gasteiger partial charge on any atom is -0.368 e. The van der Waals surface area contributed by atoms with Crippen LogP contribution in [0, 0.1) is 5.92 Å². The summed E-state index contributed by atoms with van der Waals surface area (Å²) in [7, 11) is 0. The molecule has 114 valence electrons. The molecule has 2 nitrogen and oxygen atoms in total. The van der Waals surface area contributed by atoms with Crippen molar-refractivity contribution in [1.29, 1.82) is 0 Å². The Hall–Kier alpha value is -0.730. The minimum absolute atomic E-state index is 0.738. The SMILES string of the molecule is Clc1cc(N2CCC3CCCCC32)ccc1CNC1CC1. The lowest BCUT2D eigenvalue weighted by atomic mass is 9.85. The Morgan fingerprint density at radius 1 is 1.10 bits per heavy atom. The van der Waals surface area contributed by atoms with E-state index in [-0.39, 0.29) is 0 Å². The molecule has 1 heterocycles. The van der Waals surface area contributed by atoms with Crippen molar-refractivity contribution in [2.24, 2.45) is 5.92 Å². The predicted octanol–water partition coefficient (Wildman–Crippen LogP) is 4.36. The van der Waals surface area contributed by atoms with E-state index < -0.39 is 0 Å². The highest BCUT2D eigenvalue weighted by Crippen LogP contribution is 2.39. The number of hydrogen-bond acceptors (Lipinski definition) is 2. The molecule has 1 saturated heterocycles. The summed E-state index contributed by atoms with van der Waals surface area (Å²) >= 11 is 6.52. The van der Waals surface area contributed by atoms with Crippen LogP contribution in [0.3, 0.4) is 0 Å². The maximum Gasteiger partial charge on any atom is 0.0471 e. The molecule has 0 radical (unpaired) electrons. The number of anilines is 1. The monoisotopic (exact) mass is 304 g/mol. The van der Waals surface area contributed by atoms with E-state index in [1.807, 2.05) is 0 Å². The number of benzene rings is 1. The lowest BCUT2D eigenvalue weighted by Gasteiger charge is -2.33. The molecule has 0 amide bonds. The zero-order valence-corrected chi connectivity index (χ0v) is 13.4. The molecule has 0 spiro atoms. The summed E-state index contributed by atoms with van der Waals surface area (Å²) < 4.78 is 0. The van der Waals surface area contributed by atoms with Crippen molar-refractivity contribution in [2.45, 2.75) is 63.6 Å². The summed E-state index contributed by atoms with van der Waals surface area (Å²) in [5.41, 5.74) is 2.58. The average Bonchev–Trinajstić information content (AvgIpc) is 3.23. The van der Waals surface area contributed by atoms with Crippen molar-refractivity contribution in [1.82, 2.24) is 5.32 Å². The van der Waals surface area contributed by atoms with Gasteiger partial charge in [-0.15, -0.1) is 0 Å². The van der Waals surface area contributed by atoms with E-state index in [2.05, 4.69) is 28.4 Å². The molecule has 2 unspecified atom stereocenters. The zero-order valence-electron chi connectivity index (χ0n) is 12.7. The largest absolute Gasteiger partial charge is 0.368 e. The summed E-state index contributed by atoms with van der Waals surface area (Å²) in [5.74, 6) is 0.925. The van der Waals surface area contributed by atoms with Crippen LogP contribution < -0.4 is 10.2 Å². The molecule has 1 aromatic rings. The first-order valence-corrected chi connectivity index (χ1v) is 8.97. The fourth-order valence-electron chi connectivity index (χ4n) is 4.13. The van der Waals surface area contributed by atoms with Crippen molar-refractivity contribution in [3.8, 4) is 0 Å². The van der Waals surface area contributed by atoms with Gasteiger partial charge in [-0.25, -0.2) is 0 Å². The van der Waals surface area contributed by atoms with E-state index in [1.165, 1.54) is 62.7 Å². The number of nitrogens with one attached hydrogen (secondary N) is 1. The molecule has 1 aliphatic heterocycles. The van der Waals surface area contributed by atoms with Gasteiger partial charge in [0.15, 0.2) is 0 Å². The highest BCUT2D eigenvalue weighted by molar-refractivity contribution is 6.31. The summed E-state index contributed by atoms with van der Waals surface area (Å²) in [6.07, 6.45) is 9.65. The van der Waals surface area contributed by atoms with E-state index >= 15 is 0 Å². The maximum atomic E-state index is 6.52. The van der Waals surface area contributed by atoms with Gasteiger partial charge in [-0.1, -0.05) is 30.5 Å². The summed E-state index contributed by atoms with van der Waals surface area (Å²) in [5, 5.41) is 4.48. The molecule has 0 aromatic heterocycles. The van der Waals surface area contributed by atoms with Crippen molar-refractivity contribution < 1.29 is 0 Å². The Labute approximate surface area is 132 Å². The van der Waals surface area contributed by atoms with Crippen LogP contribution in [0.15, 0.2) is 18.2 Å². The van der Waals surface area contributed by atoms with Crippen LogP contribution in [0.4, 0.5) is 5.69 Å². The van der Waals surface area contributed by atoms with E-state index in [4.69, 9.17) is 11.6 Å². The second kappa shape index (κ2) is 5.81. The van der Waals surface area contributed by atoms with Gasteiger partial charge in [-0.2, -0.15) is 0 Å². The van der Waals surface area contributed by atoms with Crippen molar-refractivity contribution in [3.63, 3.8) is 0 Å². The van der Waals surface area contributed by atoms with Crippen molar-refractivity contribution >= 4 is 17.3 Å². The number of hydrogen-bond donors (Lipinski definition) is 1. The number of nitrogens with zero attached hydrogens (tertiary/aromatic N) is 1. The Balaban J connectivity index is 1.48. The van der Waals surface area contributed by atoms with Gasteiger partial charge in [0.1, 0.15) is 0 Å². The second-order valence-electron chi connectivity index (χ2n) is 7.02. The Morgan fingerprint density at radius 3 is 2.76 bits per heavy atom. The Morgan fingerprint density at radius 2 is 1.95 bits per heavy atom.